The lowest BCUT2D eigenvalue weighted by Crippen LogP contribution is -2.36. The van der Waals surface area contributed by atoms with Gasteiger partial charge in [0.2, 0.25) is 0 Å². The summed E-state index contributed by atoms with van der Waals surface area (Å²) in [5, 5.41) is 0.422. The van der Waals surface area contributed by atoms with Gasteiger partial charge in [-0.15, -0.1) is 0 Å². The van der Waals surface area contributed by atoms with Crippen molar-refractivity contribution in [2.75, 3.05) is 30.9 Å². The van der Waals surface area contributed by atoms with Crippen LogP contribution in [0.2, 0.25) is 5.15 Å². The summed E-state index contributed by atoms with van der Waals surface area (Å²) in [6.07, 6.45) is 1.03. The van der Waals surface area contributed by atoms with Crippen LogP contribution in [0.3, 0.4) is 0 Å². The zero-order chi connectivity index (χ0) is 12.8. The van der Waals surface area contributed by atoms with Gasteiger partial charge in [0.25, 0.3) is 0 Å². The van der Waals surface area contributed by atoms with Crippen molar-refractivity contribution in [1.29, 1.82) is 0 Å². The first-order valence-corrected chi connectivity index (χ1v) is 6.15. The summed E-state index contributed by atoms with van der Waals surface area (Å²) in [5.74, 6) is 0.807. The minimum absolute atomic E-state index is 0.371. The summed E-state index contributed by atoms with van der Waals surface area (Å²) in [4.78, 5) is 6.47. The van der Waals surface area contributed by atoms with E-state index in [1.54, 1.807) is 13.2 Å². The third-order valence-electron chi connectivity index (χ3n) is 2.76. The molecule has 1 aromatic rings. The van der Waals surface area contributed by atoms with Crippen molar-refractivity contribution in [2.45, 2.75) is 26.3 Å². The maximum absolute atomic E-state index is 5.93. The van der Waals surface area contributed by atoms with Gasteiger partial charge in [0.15, 0.2) is 0 Å². The molecule has 0 amide bonds. The van der Waals surface area contributed by atoms with E-state index in [0.717, 1.165) is 18.8 Å². The Kier molecular flexibility index (Phi) is 5.51. The van der Waals surface area contributed by atoms with Gasteiger partial charge >= 0.3 is 0 Å². The zero-order valence-electron chi connectivity index (χ0n) is 10.6. The molecule has 4 nitrogen and oxygen atoms in total. The smallest absolute Gasteiger partial charge is 0.133 e. The fraction of sp³-hybridized carbons (Fsp3) is 0.583. The SMILES string of the molecule is CCC(C)N(CCOC)c1cc(N)cc(Cl)n1. The molecule has 1 aromatic heterocycles. The van der Waals surface area contributed by atoms with Crippen molar-refractivity contribution >= 4 is 23.1 Å². The summed E-state index contributed by atoms with van der Waals surface area (Å²) in [7, 11) is 1.69. The van der Waals surface area contributed by atoms with Crippen LogP contribution >= 0.6 is 11.6 Å². The van der Waals surface area contributed by atoms with Gasteiger partial charge in [0.05, 0.1) is 6.61 Å². The molecule has 1 heterocycles. The summed E-state index contributed by atoms with van der Waals surface area (Å²) in [6, 6.07) is 3.86. The molecular formula is C12H20ClN3O. The number of hydrogen-bond donors (Lipinski definition) is 1. The van der Waals surface area contributed by atoms with E-state index in [1.807, 2.05) is 6.07 Å². The zero-order valence-corrected chi connectivity index (χ0v) is 11.4. The van der Waals surface area contributed by atoms with E-state index < -0.39 is 0 Å². The second-order valence-corrected chi connectivity index (χ2v) is 4.41. The standard InChI is InChI=1S/C12H20ClN3O/c1-4-9(2)16(5-6-17-3)12-8-10(14)7-11(13)15-12/h7-9H,4-6H2,1-3H3,(H2,14,15). The van der Waals surface area contributed by atoms with Crippen molar-refractivity contribution < 1.29 is 4.74 Å². The minimum atomic E-state index is 0.371. The highest BCUT2D eigenvalue weighted by Crippen LogP contribution is 2.22. The Morgan fingerprint density at radius 1 is 1.53 bits per heavy atom. The first-order chi connectivity index (χ1) is 8.08. The van der Waals surface area contributed by atoms with Gasteiger partial charge in [-0.05, 0) is 19.4 Å². The fourth-order valence-electron chi connectivity index (χ4n) is 1.62. The molecule has 17 heavy (non-hydrogen) atoms. The molecule has 0 aliphatic carbocycles. The van der Waals surface area contributed by atoms with E-state index in [0.29, 0.717) is 23.5 Å². The lowest BCUT2D eigenvalue weighted by atomic mass is 10.2. The summed E-state index contributed by atoms with van der Waals surface area (Å²) in [5.41, 5.74) is 6.42. The normalized spacial score (nSPS) is 12.5. The van der Waals surface area contributed by atoms with E-state index in [2.05, 4.69) is 23.7 Å². The molecular weight excluding hydrogens is 238 g/mol. The quantitative estimate of drug-likeness (QED) is 0.796. The molecule has 1 atom stereocenters. The van der Waals surface area contributed by atoms with Gasteiger partial charge in [-0.2, -0.15) is 0 Å². The molecule has 2 N–H and O–H groups in total. The third kappa shape index (κ3) is 4.06. The van der Waals surface area contributed by atoms with Crippen LogP contribution in [-0.4, -0.2) is 31.3 Å². The van der Waals surface area contributed by atoms with Crippen LogP contribution in [-0.2, 0) is 4.74 Å². The topological polar surface area (TPSA) is 51.4 Å². The number of hydrogen-bond acceptors (Lipinski definition) is 4. The lowest BCUT2D eigenvalue weighted by Gasteiger charge is -2.29. The number of nitrogens with two attached hydrogens (primary N) is 1. The highest BCUT2D eigenvalue weighted by Gasteiger charge is 2.15. The molecule has 0 radical (unpaired) electrons. The number of nitrogens with zero attached hydrogens (tertiary/aromatic N) is 2. The summed E-state index contributed by atoms with van der Waals surface area (Å²) >= 11 is 5.93. The number of anilines is 2. The van der Waals surface area contributed by atoms with Crippen LogP contribution in [0.25, 0.3) is 0 Å². The Bertz CT molecular complexity index is 339. The van der Waals surface area contributed by atoms with Crippen molar-refractivity contribution in [1.82, 2.24) is 4.98 Å². The van der Waals surface area contributed by atoms with E-state index in [1.165, 1.54) is 0 Å². The number of aromatic nitrogens is 1. The molecule has 0 aliphatic heterocycles. The molecule has 0 saturated carbocycles. The molecule has 1 unspecified atom stereocenters. The number of ether oxygens (including phenoxy) is 1. The molecule has 0 aliphatic rings. The predicted octanol–water partition coefficient (Wildman–Crippen LogP) is 2.57. The Morgan fingerprint density at radius 3 is 2.76 bits per heavy atom. The van der Waals surface area contributed by atoms with Gasteiger partial charge in [0.1, 0.15) is 11.0 Å². The van der Waals surface area contributed by atoms with E-state index >= 15 is 0 Å². The molecule has 1 rings (SSSR count). The average molecular weight is 258 g/mol. The second kappa shape index (κ2) is 6.67. The lowest BCUT2D eigenvalue weighted by molar-refractivity contribution is 0.203. The van der Waals surface area contributed by atoms with Gasteiger partial charge in [0, 0.05) is 31.5 Å². The number of pyridine rings is 1. The average Bonchev–Trinajstić information content (AvgIpc) is 2.28. The number of rotatable bonds is 6. The fourth-order valence-corrected chi connectivity index (χ4v) is 1.83. The summed E-state index contributed by atoms with van der Waals surface area (Å²) in [6.45, 7) is 5.71. The largest absolute Gasteiger partial charge is 0.399 e. The van der Waals surface area contributed by atoms with Gasteiger partial charge in [-0.3, -0.25) is 0 Å². The first-order valence-electron chi connectivity index (χ1n) is 5.77. The van der Waals surface area contributed by atoms with Crippen molar-refractivity contribution in [2.24, 2.45) is 0 Å². The Morgan fingerprint density at radius 2 is 2.24 bits per heavy atom. The van der Waals surface area contributed by atoms with Crippen molar-refractivity contribution in [3.63, 3.8) is 0 Å². The summed E-state index contributed by atoms with van der Waals surface area (Å²) < 4.78 is 5.12. The van der Waals surface area contributed by atoms with Crippen molar-refractivity contribution in [3.05, 3.63) is 17.3 Å². The predicted molar refractivity (Wildman–Crippen MR) is 72.6 cm³/mol. The van der Waals surface area contributed by atoms with Crippen LogP contribution < -0.4 is 10.6 Å². The molecule has 0 aromatic carbocycles. The van der Waals surface area contributed by atoms with E-state index in [9.17, 15) is 0 Å². The van der Waals surface area contributed by atoms with Crippen LogP contribution in [0.4, 0.5) is 11.5 Å². The number of halogens is 1. The molecule has 0 bridgehead atoms. The molecule has 5 heteroatoms. The van der Waals surface area contributed by atoms with E-state index in [-0.39, 0.29) is 0 Å². The van der Waals surface area contributed by atoms with Crippen LogP contribution in [0, 0.1) is 0 Å². The van der Waals surface area contributed by atoms with Crippen LogP contribution in [0.5, 0.6) is 0 Å². The molecule has 0 spiro atoms. The highest BCUT2D eigenvalue weighted by molar-refractivity contribution is 6.29. The Labute approximate surface area is 108 Å². The molecule has 0 saturated heterocycles. The third-order valence-corrected chi connectivity index (χ3v) is 2.95. The van der Waals surface area contributed by atoms with Gasteiger partial charge < -0.3 is 15.4 Å². The monoisotopic (exact) mass is 257 g/mol. The Hall–Kier alpha value is -1.00. The van der Waals surface area contributed by atoms with Gasteiger partial charge in [-0.1, -0.05) is 18.5 Å². The van der Waals surface area contributed by atoms with Gasteiger partial charge in [-0.25, -0.2) is 4.98 Å². The van der Waals surface area contributed by atoms with Crippen LogP contribution in [0.1, 0.15) is 20.3 Å². The maximum atomic E-state index is 5.93. The molecule has 96 valence electrons. The highest BCUT2D eigenvalue weighted by atomic mass is 35.5. The molecule has 0 fully saturated rings. The Balaban J connectivity index is 2.94. The van der Waals surface area contributed by atoms with E-state index in [4.69, 9.17) is 22.1 Å². The first kappa shape index (κ1) is 14.1. The van der Waals surface area contributed by atoms with Crippen LogP contribution in [0.15, 0.2) is 12.1 Å². The van der Waals surface area contributed by atoms with Crippen molar-refractivity contribution in [3.8, 4) is 0 Å². The number of nitrogen functional groups attached to an aromatic ring is 1. The second-order valence-electron chi connectivity index (χ2n) is 4.02. The minimum Gasteiger partial charge on any atom is -0.399 e. The number of methoxy groups -OCH3 is 1. The maximum Gasteiger partial charge on any atom is 0.133 e.